The van der Waals surface area contributed by atoms with Crippen molar-refractivity contribution in [1.82, 2.24) is 0 Å². The lowest BCUT2D eigenvalue weighted by Gasteiger charge is -2.16. The Morgan fingerprint density at radius 2 is 1.11 bits per heavy atom. The molecule has 1 saturated carbocycles. The van der Waals surface area contributed by atoms with E-state index in [-0.39, 0.29) is 12.8 Å². The van der Waals surface area contributed by atoms with E-state index in [0.29, 0.717) is 0 Å². The Morgan fingerprint density at radius 3 is 1.33 bits per heavy atom. The number of hydrogen-bond donors (Lipinski definition) is 0. The predicted molar refractivity (Wildman–Crippen MR) is 71.8 cm³/mol. The Balaban J connectivity index is 2.87. The van der Waals surface area contributed by atoms with Crippen molar-refractivity contribution in [2.45, 2.75) is 20.4 Å². The molecule has 0 saturated heterocycles. The highest BCUT2D eigenvalue weighted by atomic mass is 35.6. The second-order valence-corrected chi connectivity index (χ2v) is 8.37. The number of ketones is 3. The molecule has 0 aliphatic heterocycles. The number of rotatable bonds is 2. The first-order chi connectivity index (χ1) is 7.96. The van der Waals surface area contributed by atoms with Crippen molar-refractivity contribution >= 4 is 87.0 Å². The number of Topliss-reactive ketones (excluding diaryl/α,β-unsaturated/α-hetero) is 3. The van der Waals surface area contributed by atoms with Gasteiger partial charge in [0.25, 0.3) is 0 Å². The van der Waals surface area contributed by atoms with E-state index >= 15 is 0 Å². The summed E-state index contributed by atoms with van der Waals surface area (Å²) in [7, 11) is 0. The Bertz CT molecular complexity index is 358. The largest absolute Gasteiger partial charge is 0.298 e. The summed E-state index contributed by atoms with van der Waals surface area (Å²) in [6, 6.07) is 0. The Hall–Kier alpha value is 0.750. The van der Waals surface area contributed by atoms with Gasteiger partial charge in [0.15, 0.2) is 17.3 Å². The van der Waals surface area contributed by atoms with Gasteiger partial charge in [-0.1, -0.05) is 69.6 Å². The van der Waals surface area contributed by atoms with Gasteiger partial charge in [0.1, 0.15) is 0 Å². The molecule has 0 bridgehead atoms. The zero-order chi connectivity index (χ0) is 14.3. The molecule has 0 aromatic heterocycles. The van der Waals surface area contributed by atoms with Gasteiger partial charge in [-0.25, -0.2) is 0 Å². The van der Waals surface area contributed by atoms with Crippen LogP contribution < -0.4 is 0 Å². The van der Waals surface area contributed by atoms with Gasteiger partial charge in [0.05, 0.1) is 11.8 Å². The maximum absolute atomic E-state index is 11.9. The van der Waals surface area contributed by atoms with Crippen molar-refractivity contribution in [3.63, 3.8) is 0 Å². The van der Waals surface area contributed by atoms with Gasteiger partial charge in [0.2, 0.25) is 7.59 Å². The van der Waals surface area contributed by atoms with Crippen LogP contribution in [0.4, 0.5) is 0 Å². The van der Waals surface area contributed by atoms with Crippen LogP contribution in [0, 0.1) is 11.8 Å². The van der Waals surface area contributed by atoms with E-state index in [2.05, 4.69) is 0 Å². The third-order valence-electron chi connectivity index (χ3n) is 2.62. The highest BCUT2D eigenvalue weighted by molar-refractivity contribution is 6.78. The molecule has 1 fully saturated rings. The highest BCUT2D eigenvalue weighted by Gasteiger charge is 2.51. The normalized spacial score (nSPS) is 25.3. The van der Waals surface area contributed by atoms with Crippen LogP contribution in [0.1, 0.15) is 12.8 Å². The topological polar surface area (TPSA) is 51.2 Å². The standard InChI is InChI=1S/C9H6Cl6O3/c10-8(11,12)6(17)3-1-2-4(5(3)16)7(18)9(13,14)15/h3-4H,1-2H2. The van der Waals surface area contributed by atoms with Crippen LogP contribution in [0.15, 0.2) is 0 Å². The quantitative estimate of drug-likeness (QED) is 0.549. The van der Waals surface area contributed by atoms with Crippen molar-refractivity contribution in [2.24, 2.45) is 11.8 Å². The molecule has 1 aliphatic carbocycles. The molecule has 0 aromatic rings. The third kappa shape index (κ3) is 3.65. The fraction of sp³-hybridized carbons (Fsp3) is 0.667. The number of hydrogen-bond acceptors (Lipinski definition) is 3. The van der Waals surface area contributed by atoms with E-state index < -0.39 is 36.8 Å². The summed E-state index contributed by atoms with van der Waals surface area (Å²) in [6.45, 7) is 0. The second-order valence-electron chi connectivity index (χ2n) is 3.81. The first kappa shape index (κ1) is 16.8. The summed E-state index contributed by atoms with van der Waals surface area (Å²) >= 11 is 32.5. The van der Waals surface area contributed by atoms with E-state index in [1.54, 1.807) is 0 Å². The third-order valence-corrected chi connectivity index (χ3v) is 3.74. The molecule has 1 rings (SSSR count). The summed E-state index contributed by atoms with van der Waals surface area (Å²) in [5.74, 6) is -4.67. The molecule has 0 aromatic carbocycles. The molecular formula is C9H6Cl6O3. The fourth-order valence-corrected chi connectivity index (χ4v) is 2.57. The Morgan fingerprint density at radius 1 is 0.833 bits per heavy atom. The van der Waals surface area contributed by atoms with Gasteiger partial charge >= 0.3 is 0 Å². The van der Waals surface area contributed by atoms with E-state index in [4.69, 9.17) is 69.6 Å². The Kier molecular flexibility index (Phi) is 5.25. The minimum atomic E-state index is -2.20. The van der Waals surface area contributed by atoms with Crippen molar-refractivity contribution in [2.75, 3.05) is 0 Å². The van der Waals surface area contributed by atoms with Gasteiger partial charge in [-0.2, -0.15) is 0 Å². The maximum Gasteiger partial charge on any atom is 0.249 e. The van der Waals surface area contributed by atoms with Crippen LogP contribution in [0.5, 0.6) is 0 Å². The molecular weight excluding hydrogens is 369 g/mol. The average Bonchev–Trinajstić information content (AvgIpc) is 2.55. The van der Waals surface area contributed by atoms with E-state index in [0.717, 1.165) is 0 Å². The zero-order valence-electron chi connectivity index (χ0n) is 8.56. The predicted octanol–water partition coefficient (Wildman–Crippen LogP) is 3.46. The molecule has 1 aliphatic rings. The van der Waals surface area contributed by atoms with E-state index in [1.807, 2.05) is 0 Å². The molecule has 2 atom stereocenters. The van der Waals surface area contributed by atoms with Gasteiger partial charge in [-0.3, -0.25) is 14.4 Å². The summed E-state index contributed by atoms with van der Waals surface area (Å²) in [4.78, 5) is 35.2. The summed E-state index contributed by atoms with van der Waals surface area (Å²) in [6.07, 6.45) is 0.200. The van der Waals surface area contributed by atoms with Gasteiger partial charge in [0, 0.05) is 0 Å². The van der Waals surface area contributed by atoms with Crippen molar-refractivity contribution in [3.8, 4) is 0 Å². The minimum absolute atomic E-state index is 0.0999. The van der Waals surface area contributed by atoms with Gasteiger partial charge < -0.3 is 0 Å². The summed E-state index contributed by atoms with van der Waals surface area (Å²) < 4.78 is -4.39. The minimum Gasteiger partial charge on any atom is -0.298 e. The molecule has 9 heteroatoms. The van der Waals surface area contributed by atoms with Crippen molar-refractivity contribution < 1.29 is 14.4 Å². The maximum atomic E-state index is 11.9. The second kappa shape index (κ2) is 5.63. The first-order valence-corrected chi connectivity index (χ1v) is 6.99. The van der Waals surface area contributed by atoms with Crippen LogP contribution in [0.3, 0.4) is 0 Å². The lowest BCUT2D eigenvalue weighted by Crippen LogP contribution is -2.36. The lowest BCUT2D eigenvalue weighted by atomic mass is 9.97. The first-order valence-electron chi connectivity index (χ1n) is 4.72. The van der Waals surface area contributed by atoms with Crippen LogP contribution in [-0.4, -0.2) is 24.9 Å². The molecule has 0 N–H and O–H groups in total. The number of halogens is 6. The molecule has 0 radical (unpaired) electrons. The van der Waals surface area contributed by atoms with Crippen LogP contribution >= 0.6 is 69.6 Å². The summed E-state index contributed by atoms with van der Waals surface area (Å²) in [5.41, 5.74) is 0. The fourth-order valence-electron chi connectivity index (χ4n) is 1.78. The van der Waals surface area contributed by atoms with Crippen LogP contribution in [0.2, 0.25) is 0 Å². The monoisotopic (exact) mass is 372 g/mol. The molecule has 102 valence electrons. The number of carbonyl (C=O) groups is 3. The highest BCUT2D eigenvalue weighted by Crippen LogP contribution is 2.40. The SMILES string of the molecule is O=C1C(C(=O)C(Cl)(Cl)Cl)CCC1C(=O)C(Cl)(Cl)Cl. The van der Waals surface area contributed by atoms with E-state index in [9.17, 15) is 14.4 Å². The number of carbonyl (C=O) groups excluding carboxylic acids is 3. The molecule has 0 spiro atoms. The lowest BCUT2D eigenvalue weighted by molar-refractivity contribution is -0.135. The van der Waals surface area contributed by atoms with Crippen molar-refractivity contribution in [3.05, 3.63) is 0 Å². The van der Waals surface area contributed by atoms with Crippen molar-refractivity contribution in [1.29, 1.82) is 0 Å². The van der Waals surface area contributed by atoms with Crippen LogP contribution in [-0.2, 0) is 14.4 Å². The molecule has 0 heterocycles. The smallest absolute Gasteiger partial charge is 0.249 e. The molecule has 3 nitrogen and oxygen atoms in total. The van der Waals surface area contributed by atoms with E-state index in [1.165, 1.54) is 0 Å². The summed E-state index contributed by atoms with van der Waals surface area (Å²) in [5, 5.41) is 0. The molecule has 2 unspecified atom stereocenters. The Labute approximate surface area is 133 Å². The number of alkyl halides is 6. The molecule has 0 amide bonds. The zero-order valence-corrected chi connectivity index (χ0v) is 13.1. The van der Waals surface area contributed by atoms with Gasteiger partial charge in [-0.05, 0) is 12.8 Å². The van der Waals surface area contributed by atoms with Gasteiger partial charge in [-0.15, -0.1) is 0 Å². The average molecular weight is 375 g/mol. The van der Waals surface area contributed by atoms with Crippen LogP contribution in [0.25, 0.3) is 0 Å². The molecule has 18 heavy (non-hydrogen) atoms.